The van der Waals surface area contributed by atoms with Gasteiger partial charge in [0.1, 0.15) is 11.7 Å². The van der Waals surface area contributed by atoms with Crippen LogP contribution in [0.3, 0.4) is 0 Å². The second kappa shape index (κ2) is 6.20. The summed E-state index contributed by atoms with van der Waals surface area (Å²) in [6.07, 6.45) is 1.89. The molecule has 0 radical (unpaired) electrons. The minimum atomic E-state index is -0.141. The summed E-state index contributed by atoms with van der Waals surface area (Å²) in [4.78, 5) is 0. The summed E-state index contributed by atoms with van der Waals surface area (Å²) in [5.41, 5.74) is 4.43. The first kappa shape index (κ1) is 15.2. The molecule has 1 unspecified atom stereocenters. The molecule has 0 saturated carbocycles. The van der Waals surface area contributed by atoms with E-state index in [9.17, 15) is 0 Å². The largest absolute Gasteiger partial charge is 0.423 e. The van der Waals surface area contributed by atoms with Crippen LogP contribution >= 0.6 is 0 Å². The minimum absolute atomic E-state index is 0.141. The van der Waals surface area contributed by atoms with Crippen molar-refractivity contribution in [1.82, 2.24) is 25.2 Å². The zero-order valence-corrected chi connectivity index (χ0v) is 13.7. The van der Waals surface area contributed by atoms with Gasteiger partial charge in [-0.15, -0.1) is 15.3 Å². The van der Waals surface area contributed by atoms with Crippen molar-refractivity contribution >= 4 is 5.69 Å². The summed E-state index contributed by atoms with van der Waals surface area (Å²) in [5, 5.41) is 19.7. The van der Waals surface area contributed by atoms with Crippen LogP contribution in [-0.4, -0.2) is 25.2 Å². The Bertz CT molecular complexity index is 786. The van der Waals surface area contributed by atoms with E-state index < -0.39 is 0 Å². The van der Waals surface area contributed by atoms with Crippen LogP contribution in [0.4, 0.5) is 5.69 Å². The highest BCUT2D eigenvalue weighted by atomic mass is 16.4. The van der Waals surface area contributed by atoms with Crippen molar-refractivity contribution in [2.45, 2.75) is 40.3 Å². The quantitative estimate of drug-likeness (QED) is 0.780. The Hall–Kier alpha value is -2.70. The van der Waals surface area contributed by atoms with Crippen molar-refractivity contribution in [3.8, 4) is 0 Å². The van der Waals surface area contributed by atoms with Gasteiger partial charge in [0.15, 0.2) is 0 Å². The Morgan fingerprint density at radius 2 is 1.87 bits per heavy atom. The highest BCUT2D eigenvalue weighted by Gasteiger charge is 2.16. The number of aromatic nitrogens is 5. The molecule has 0 fully saturated rings. The number of hydrogen-bond acceptors (Lipinski definition) is 6. The number of nitrogens with zero attached hydrogens (tertiary/aromatic N) is 5. The molecule has 0 bridgehead atoms. The molecule has 2 heterocycles. The molecule has 7 heteroatoms. The van der Waals surface area contributed by atoms with Crippen molar-refractivity contribution in [1.29, 1.82) is 0 Å². The zero-order valence-electron chi connectivity index (χ0n) is 13.7. The van der Waals surface area contributed by atoms with Gasteiger partial charge in [0.05, 0.1) is 12.7 Å². The number of benzene rings is 1. The van der Waals surface area contributed by atoms with E-state index in [4.69, 9.17) is 4.42 Å². The zero-order chi connectivity index (χ0) is 16.4. The predicted octanol–water partition coefficient (Wildman–Crippen LogP) is 2.81. The normalized spacial score (nSPS) is 12.3. The topological polar surface area (TPSA) is 81.7 Å². The first-order valence-electron chi connectivity index (χ1n) is 7.55. The van der Waals surface area contributed by atoms with E-state index in [1.165, 1.54) is 11.1 Å². The van der Waals surface area contributed by atoms with Gasteiger partial charge in [0.2, 0.25) is 11.8 Å². The lowest BCUT2D eigenvalue weighted by atomic mass is 10.1. The second-order valence-electron chi connectivity index (χ2n) is 5.65. The third kappa shape index (κ3) is 3.23. The van der Waals surface area contributed by atoms with Crippen molar-refractivity contribution in [2.75, 3.05) is 5.32 Å². The Balaban J connectivity index is 1.70. The molecule has 2 aromatic heterocycles. The molecule has 1 aromatic carbocycles. The summed E-state index contributed by atoms with van der Waals surface area (Å²) >= 11 is 0. The molecule has 0 spiro atoms. The highest BCUT2D eigenvalue weighted by molar-refractivity contribution is 5.56. The average Bonchev–Trinajstić information content (AvgIpc) is 3.15. The SMILES string of the molecule is Cc1nnc(C(C)n2cc(CNc3c(C)cccc3C)nn2)o1. The van der Waals surface area contributed by atoms with Gasteiger partial charge in [-0.05, 0) is 31.9 Å². The molecular formula is C16H20N6O. The maximum Gasteiger partial charge on any atom is 0.240 e. The lowest BCUT2D eigenvalue weighted by Crippen LogP contribution is -2.08. The van der Waals surface area contributed by atoms with Gasteiger partial charge in [-0.25, -0.2) is 4.68 Å². The smallest absolute Gasteiger partial charge is 0.240 e. The molecule has 7 nitrogen and oxygen atoms in total. The third-order valence-electron chi connectivity index (χ3n) is 3.78. The number of hydrogen-bond donors (Lipinski definition) is 1. The number of aryl methyl sites for hydroxylation is 3. The van der Waals surface area contributed by atoms with E-state index in [0.29, 0.717) is 18.3 Å². The minimum Gasteiger partial charge on any atom is -0.423 e. The summed E-state index contributed by atoms with van der Waals surface area (Å²) in [6, 6.07) is 6.09. The van der Waals surface area contributed by atoms with Crippen molar-refractivity contribution in [3.05, 3.63) is 53.0 Å². The van der Waals surface area contributed by atoms with Crippen LogP contribution in [0.2, 0.25) is 0 Å². The maximum absolute atomic E-state index is 5.44. The van der Waals surface area contributed by atoms with Gasteiger partial charge in [0.25, 0.3) is 0 Å². The molecule has 0 amide bonds. The van der Waals surface area contributed by atoms with Crippen LogP contribution in [0.25, 0.3) is 0 Å². The van der Waals surface area contributed by atoms with Gasteiger partial charge in [-0.2, -0.15) is 0 Å². The van der Waals surface area contributed by atoms with E-state index >= 15 is 0 Å². The monoisotopic (exact) mass is 312 g/mol. The lowest BCUT2D eigenvalue weighted by Gasteiger charge is -2.11. The number of rotatable bonds is 5. The molecular weight excluding hydrogens is 292 g/mol. The summed E-state index contributed by atoms with van der Waals surface area (Å²) in [6.45, 7) is 8.51. The van der Waals surface area contributed by atoms with Gasteiger partial charge >= 0.3 is 0 Å². The summed E-state index contributed by atoms with van der Waals surface area (Å²) < 4.78 is 7.17. The third-order valence-corrected chi connectivity index (χ3v) is 3.78. The molecule has 0 aliphatic heterocycles. The number of nitrogens with one attached hydrogen (secondary N) is 1. The van der Waals surface area contributed by atoms with Gasteiger partial charge < -0.3 is 9.73 Å². The Labute approximate surface area is 134 Å². The fourth-order valence-corrected chi connectivity index (χ4v) is 2.45. The van der Waals surface area contributed by atoms with Crippen LogP contribution in [0.15, 0.2) is 28.8 Å². The standard InChI is InChI=1S/C16H20N6O/c1-10-6-5-7-11(2)15(10)17-8-14-9-22(21-19-14)12(3)16-20-18-13(4)23-16/h5-7,9,12,17H,8H2,1-4H3. The van der Waals surface area contributed by atoms with E-state index in [2.05, 4.69) is 57.9 Å². The number of para-hydroxylation sites is 1. The summed E-state index contributed by atoms with van der Waals surface area (Å²) in [5.74, 6) is 1.07. The first-order valence-corrected chi connectivity index (χ1v) is 7.55. The van der Waals surface area contributed by atoms with Crippen LogP contribution < -0.4 is 5.32 Å². The van der Waals surface area contributed by atoms with Gasteiger partial charge in [-0.1, -0.05) is 23.4 Å². The molecule has 3 aromatic rings. The Morgan fingerprint density at radius 1 is 1.13 bits per heavy atom. The summed E-state index contributed by atoms with van der Waals surface area (Å²) in [7, 11) is 0. The van der Waals surface area contributed by atoms with Crippen LogP contribution in [-0.2, 0) is 6.54 Å². The lowest BCUT2D eigenvalue weighted by molar-refractivity contribution is 0.392. The molecule has 1 N–H and O–H groups in total. The van der Waals surface area contributed by atoms with Gasteiger partial charge in [0, 0.05) is 12.6 Å². The molecule has 0 aliphatic carbocycles. The fourth-order valence-electron chi connectivity index (χ4n) is 2.45. The predicted molar refractivity (Wildman–Crippen MR) is 86.1 cm³/mol. The molecule has 120 valence electrons. The van der Waals surface area contributed by atoms with Crippen molar-refractivity contribution in [2.24, 2.45) is 0 Å². The van der Waals surface area contributed by atoms with Crippen LogP contribution in [0.1, 0.15) is 41.6 Å². The molecule has 23 heavy (non-hydrogen) atoms. The molecule has 0 aliphatic rings. The Morgan fingerprint density at radius 3 is 2.52 bits per heavy atom. The maximum atomic E-state index is 5.44. The van der Waals surface area contributed by atoms with Crippen LogP contribution in [0.5, 0.6) is 0 Å². The van der Waals surface area contributed by atoms with E-state index in [-0.39, 0.29) is 6.04 Å². The first-order chi connectivity index (χ1) is 11.0. The van der Waals surface area contributed by atoms with Crippen LogP contribution in [0, 0.1) is 20.8 Å². The Kier molecular flexibility index (Phi) is 4.10. The van der Waals surface area contributed by atoms with E-state index in [0.717, 1.165) is 11.4 Å². The second-order valence-corrected chi connectivity index (χ2v) is 5.65. The number of anilines is 1. The van der Waals surface area contributed by atoms with E-state index in [1.54, 1.807) is 11.6 Å². The molecule has 3 rings (SSSR count). The van der Waals surface area contributed by atoms with Crippen molar-refractivity contribution < 1.29 is 4.42 Å². The highest BCUT2D eigenvalue weighted by Crippen LogP contribution is 2.20. The van der Waals surface area contributed by atoms with E-state index in [1.807, 2.05) is 13.1 Å². The van der Waals surface area contributed by atoms with Gasteiger partial charge in [-0.3, -0.25) is 0 Å². The fraction of sp³-hybridized carbons (Fsp3) is 0.375. The average molecular weight is 312 g/mol. The molecule has 1 atom stereocenters. The molecule has 0 saturated heterocycles. The van der Waals surface area contributed by atoms with Crippen molar-refractivity contribution in [3.63, 3.8) is 0 Å².